The highest BCUT2D eigenvalue weighted by molar-refractivity contribution is 9.10. The molecule has 0 amide bonds. The summed E-state index contributed by atoms with van der Waals surface area (Å²) < 4.78 is 1.03. The molecule has 1 fully saturated rings. The lowest BCUT2D eigenvalue weighted by molar-refractivity contribution is 0.112. The van der Waals surface area contributed by atoms with Gasteiger partial charge in [-0.15, -0.1) is 0 Å². The third kappa shape index (κ3) is 3.14. The second kappa shape index (κ2) is 6.37. The molecule has 0 spiro atoms. The summed E-state index contributed by atoms with van der Waals surface area (Å²) in [5.74, 6) is 0.902. The second-order valence-electron chi connectivity index (χ2n) is 5.05. The predicted molar refractivity (Wildman–Crippen MR) is 79.4 cm³/mol. The van der Waals surface area contributed by atoms with Crippen LogP contribution in [0.1, 0.15) is 43.0 Å². The lowest BCUT2D eigenvalue weighted by Crippen LogP contribution is -2.33. The number of carbonyl (C=O) groups is 1. The first-order valence-corrected chi connectivity index (χ1v) is 7.53. The van der Waals surface area contributed by atoms with Gasteiger partial charge in [-0.25, -0.2) is 0 Å². The van der Waals surface area contributed by atoms with Crippen LogP contribution in [-0.4, -0.2) is 19.4 Å². The first-order chi connectivity index (χ1) is 8.74. The Morgan fingerprint density at radius 3 is 2.67 bits per heavy atom. The minimum Gasteiger partial charge on any atom is -0.371 e. The lowest BCUT2D eigenvalue weighted by atomic mass is 9.92. The van der Waals surface area contributed by atoms with Crippen molar-refractivity contribution in [2.45, 2.75) is 32.6 Å². The highest BCUT2D eigenvalue weighted by atomic mass is 79.9. The van der Waals surface area contributed by atoms with E-state index in [-0.39, 0.29) is 0 Å². The number of benzene rings is 1. The molecule has 0 unspecified atom stereocenters. The Kier molecular flexibility index (Phi) is 4.81. The van der Waals surface area contributed by atoms with E-state index in [1.807, 2.05) is 18.2 Å². The summed E-state index contributed by atoms with van der Waals surface area (Å²) in [4.78, 5) is 13.1. The number of aldehydes is 1. The summed E-state index contributed by atoms with van der Waals surface area (Å²) in [7, 11) is 0. The van der Waals surface area contributed by atoms with Crippen LogP contribution in [0.4, 0.5) is 5.69 Å². The fraction of sp³-hybridized carbons (Fsp3) is 0.533. The quantitative estimate of drug-likeness (QED) is 0.774. The van der Waals surface area contributed by atoms with Gasteiger partial charge in [-0.1, -0.05) is 19.8 Å². The fourth-order valence-corrected chi connectivity index (χ4v) is 3.37. The molecular formula is C15H20BrNO. The highest BCUT2D eigenvalue weighted by Crippen LogP contribution is 2.31. The van der Waals surface area contributed by atoms with Crippen molar-refractivity contribution in [3.8, 4) is 0 Å². The third-order valence-electron chi connectivity index (χ3n) is 3.76. The Balaban J connectivity index is 2.03. The Morgan fingerprint density at radius 1 is 1.39 bits per heavy atom. The van der Waals surface area contributed by atoms with Crippen molar-refractivity contribution in [3.63, 3.8) is 0 Å². The van der Waals surface area contributed by atoms with E-state index in [1.165, 1.54) is 31.4 Å². The average molecular weight is 310 g/mol. The topological polar surface area (TPSA) is 20.3 Å². The Morgan fingerprint density at radius 2 is 2.11 bits per heavy atom. The van der Waals surface area contributed by atoms with Crippen molar-refractivity contribution in [1.82, 2.24) is 0 Å². The molecule has 0 N–H and O–H groups in total. The molecule has 2 nitrogen and oxygen atoms in total. The van der Waals surface area contributed by atoms with Crippen LogP contribution < -0.4 is 4.90 Å². The van der Waals surface area contributed by atoms with E-state index in [1.54, 1.807) is 0 Å². The van der Waals surface area contributed by atoms with Gasteiger partial charge in [0.2, 0.25) is 0 Å². The van der Waals surface area contributed by atoms with Crippen molar-refractivity contribution < 1.29 is 4.79 Å². The van der Waals surface area contributed by atoms with E-state index in [0.29, 0.717) is 0 Å². The molecule has 2 rings (SSSR count). The zero-order valence-corrected chi connectivity index (χ0v) is 12.4. The summed E-state index contributed by atoms with van der Waals surface area (Å²) >= 11 is 3.57. The number of halogens is 1. The van der Waals surface area contributed by atoms with Crippen LogP contribution in [0.15, 0.2) is 22.7 Å². The smallest absolute Gasteiger partial charge is 0.150 e. The zero-order valence-electron chi connectivity index (χ0n) is 10.9. The minimum atomic E-state index is 0.728. The van der Waals surface area contributed by atoms with Crippen molar-refractivity contribution >= 4 is 27.9 Å². The number of anilines is 1. The Hall–Kier alpha value is -0.830. The van der Waals surface area contributed by atoms with Crippen LogP contribution in [-0.2, 0) is 0 Å². The molecular weight excluding hydrogens is 290 g/mol. The molecule has 0 saturated carbocycles. The first-order valence-electron chi connectivity index (χ1n) is 6.74. The maximum Gasteiger partial charge on any atom is 0.150 e. The maximum atomic E-state index is 10.7. The Bertz CT molecular complexity index is 411. The van der Waals surface area contributed by atoms with E-state index >= 15 is 0 Å². The van der Waals surface area contributed by atoms with Gasteiger partial charge >= 0.3 is 0 Å². The van der Waals surface area contributed by atoms with E-state index in [2.05, 4.69) is 27.8 Å². The van der Waals surface area contributed by atoms with Gasteiger partial charge in [-0.3, -0.25) is 4.79 Å². The molecule has 0 radical (unpaired) electrons. The summed E-state index contributed by atoms with van der Waals surface area (Å²) in [6.07, 6.45) is 6.12. The molecule has 0 aliphatic carbocycles. The minimum absolute atomic E-state index is 0.728. The number of carbonyl (C=O) groups excluding carboxylic acids is 1. The third-order valence-corrected chi connectivity index (χ3v) is 4.40. The zero-order chi connectivity index (χ0) is 13.0. The molecule has 1 heterocycles. The van der Waals surface area contributed by atoms with Crippen molar-refractivity contribution in [2.75, 3.05) is 18.0 Å². The first kappa shape index (κ1) is 13.6. The molecule has 1 aromatic rings. The number of rotatable bonds is 4. The summed E-state index contributed by atoms with van der Waals surface area (Å²) in [6.45, 7) is 4.52. The molecule has 1 saturated heterocycles. The normalized spacial score (nSPS) is 16.9. The predicted octanol–water partition coefficient (Wildman–Crippen LogP) is 4.28. The standard InChI is InChI=1S/C15H20BrNO/c1-2-3-12-6-8-17(9-7-12)15-5-4-13(11-18)10-14(15)16/h4-5,10-12H,2-3,6-9H2,1H3. The van der Waals surface area contributed by atoms with Gasteiger partial charge in [0.1, 0.15) is 6.29 Å². The van der Waals surface area contributed by atoms with E-state index in [4.69, 9.17) is 0 Å². The summed E-state index contributed by atoms with van der Waals surface area (Å²) in [5.41, 5.74) is 1.95. The number of hydrogen-bond donors (Lipinski definition) is 0. The average Bonchev–Trinajstić information content (AvgIpc) is 2.40. The van der Waals surface area contributed by atoms with Crippen LogP contribution in [0.3, 0.4) is 0 Å². The number of hydrogen-bond acceptors (Lipinski definition) is 2. The molecule has 1 aromatic carbocycles. The molecule has 0 aromatic heterocycles. The molecule has 98 valence electrons. The molecule has 0 bridgehead atoms. The van der Waals surface area contributed by atoms with Crippen molar-refractivity contribution in [2.24, 2.45) is 5.92 Å². The maximum absolute atomic E-state index is 10.7. The van der Waals surface area contributed by atoms with E-state index < -0.39 is 0 Å². The number of piperidine rings is 1. The summed E-state index contributed by atoms with van der Waals surface area (Å²) in [5, 5.41) is 0. The second-order valence-corrected chi connectivity index (χ2v) is 5.90. The van der Waals surface area contributed by atoms with Gasteiger partial charge in [0.15, 0.2) is 0 Å². The molecule has 3 heteroatoms. The van der Waals surface area contributed by atoms with Gasteiger partial charge in [-0.05, 0) is 52.9 Å². The SMILES string of the molecule is CCCC1CCN(c2ccc(C=O)cc2Br)CC1. The van der Waals surface area contributed by atoms with Crippen LogP contribution in [0, 0.1) is 5.92 Å². The van der Waals surface area contributed by atoms with Gasteiger partial charge in [-0.2, -0.15) is 0 Å². The lowest BCUT2D eigenvalue weighted by Gasteiger charge is -2.34. The molecule has 1 aliphatic rings. The molecule has 1 aliphatic heterocycles. The van der Waals surface area contributed by atoms with Crippen LogP contribution >= 0.6 is 15.9 Å². The van der Waals surface area contributed by atoms with Gasteiger partial charge in [0.25, 0.3) is 0 Å². The Labute approximate surface area is 117 Å². The van der Waals surface area contributed by atoms with Gasteiger partial charge in [0, 0.05) is 23.1 Å². The van der Waals surface area contributed by atoms with Crippen molar-refractivity contribution in [1.29, 1.82) is 0 Å². The van der Waals surface area contributed by atoms with Gasteiger partial charge in [0.05, 0.1) is 5.69 Å². The van der Waals surface area contributed by atoms with E-state index in [0.717, 1.165) is 35.3 Å². The van der Waals surface area contributed by atoms with Crippen LogP contribution in [0.25, 0.3) is 0 Å². The largest absolute Gasteiger partial charge is 0.371 e. The summed E-state index contributed by atoms with van der Waals surface area (Å²) in [6, 6.07) is 5.85. The van der Waals surface area contributed by atoms with Crippen LogP contribution in [0.5, 0.6) is 0 Å². The van der Waals surface area contributed by atoms with Gasteiger partial charge < -0.3 is 4.90 Å². The molecule has 0 atom stereocenters. The van der Waals surface area contributed by atoms with Crippen LogP contribution in [0.2, 0.25) is 0 Å². The monoisotopic (exact) mass is 309 g/mol. The fourth-order valence-electron chi connectivity index (χ4n) is 2.72. The number of nitrogens with zero attached hydrogens (tertiary/aromatic N) is 1. The molecule has 18 heavy (non-hydrogen) atoms. The highest BCUT2D eigenvalue weighted by Gasteiger charge is 2.20. The van der Waals surface area contributed by atoms with Crippen molar-refractivity contribution in [3.05, 3.63) is 28.2 Å². The van der Waals surface area contributed by atoms with E-state index in [9.17, 15) is 4.79 Å².